The number of fused-ring (bicyclic) bond motifs is 1. The van der Waals surface area contributed by atoms with E-state index in [9.17, 15) is 9.59 Å². The summed E-state index contributed by atoms with van der Waals surface area (Å²) >= 11 is 0. The molecule has 0 saturated carbocycles. The number of amides is 1. The molecular weight excluding hydrogens is 462 g/mol. The summed E-state index contributed by atoms with van der Waals surface area (Å²) in [6.07, 6.45) is 4.53. The average Bonchev–Trinajstić information content (AvgIpc) is 3.37. The van der Waals surface area contributed by atoms with Crippen molar-refractivity contribution in [2.45, 2.75) is 32.6 Å². The monoisotopic (exact) mass is 493 g/mol. The van der Waals surface area contributed by atoms with Gasteiger partial charge in [0.15, 0.2) is 0 Å². The maximum absolute atomic E-state index is 13.3. The van der Waals surface area contributed by atoms with E-state index < -0.39 is 0 Å². The lowest BCUT2D eigenvalue weighted by atomic mass is 9.92. The normalized spacial score (nSPS) is 18.9. The zero-order valence-corrected chi connectivity index (χ0v) is 20.7. The average molecular weight is 494 g/mol. The van der Waals surface area contributed by atoms with Crippen molar-refractivity contribution in [2.75, 3.05) is 44.8 Å². The molecule has 1 atom stereocenters. The van der Waals surface area contributed by atoms with Gasteiger partial charge in [-0.15, -0.1) is 0 Å². The number of anilines is 1. The molecule has 0 aliphatic carbocycles. The summed E-state index contributed by atoms with van der Waals surface area (Å²) in [6, 6.07) is 7.62. The SMILES string of the molecule is CCOC(=O)C1CCCN(C(=O)C2CCN(c3ncnc4onc(-c5ccc(OC)cc5)c34)CC2)C1. The third kappa shape index (κ3) is 4.72. The van der Waals surface area contributed by atoms with E-state index in [1.54, 1.807) is 7.11 Å². The van der Waals surface area contributed by atoms with Crippen LogP contribution >= 0.6 is 0 Å². The summed E-state index contributed by atoms with van der Waals surface area (Å²) in [7, 11) is 1.63. The van der Waals surface area contributed by atoms with Crippen LogP contribution in [0.15, 0.2) is 35.1 Å². The Morgan fingerprint density at radius 3 is 2.56 bits per heavy atom. The molecule has 0 bridgehead atoms. The van der Waals surface area contributed by atoms with Gasteiger partial charge < -0.3 is 23.8 Å². The van der Waals surface area contributed by atoms with Crippen LogP contribution in [-0.4, -0.2) is 71.8 Å². The Hall–Kier alpha value is -3.69. The van der Waals surface area contributed by atoms with Gasteiger partial charge in [-0.25, -0.2) is 4.98 Å². The molecule has 3 aromatic rings. The summed E-state index contributed by atoms with van der Waals surface area (Å²) in [5, 5.41) is 5.04. The molecule has 4 heterocycles. The van der Waals surface area contributed by atoms with Crippen molar-refractivity contribution in [3.63, 3.8) is 0 Å². The summed E-state index contributed by atoms with van der Waals surface area (Å²) in [4.78, 5) is 38.3. The van der Waals surface area contributed by atoms with Crippen LogP contribution in [-0.2, 0) is 14.3 Å². The molecule has 2 aliphatic rings. The molecular formula is C26H31N5O5. The zero-order chi connectivity index (χ0) is 25.1. The van der Waals surface area contributed by atoms with Gasteiger partial charge in [-0.05, 0) is 56.9 Å². The van der Waals surface area contributed by atoms with Gasteiger partial charge in [-0.1, -0.05) is 5.16 Å². The van der Waals surface area contributed by atoms with Crippen molar-refractivity contribution in [1.29, 1.82) is 0 Å². The Labute approximate surface area is 209 Å². The summed E-state index contributed by atoms with van der Waals surface area (Å²) in [6.45, 7) is 4.70. The van der Waals surface area contributed by atoms with E-state index in [0.717, 1.165) is 35.4 Å². The predicted octanol–water partition coefficient (Wildman–Crippen LogP) is 3.31. The fourth-order valence-corrected chi connectivity index (χ4v) is 5.18. The first-order valence-electron chi connectivity index (χ1n) is 12.5. The van der Waals surface area contributed by atoms with Crippen molar-refractivity contribution in [1.82, 2.24) is 20.0 Å². The van der Waals surface area contributed by atoms with Crippen LogP contribution in [0.2, 0.25) is 0 Å². The van der Waals surface area contributed by atoms with Crippen LogP contribution in [0.3, 0.4) is 0 Å². The van der Waals surface area contributed by atoms with Crippen LogP contribution in [0.4, 0.5) is 5.82 Å². The Bertz CT molecular complexity index is 1220. The molecule has 5 rings (SSSR count). The molecule has 10 nitrogen and oxygen atoms in total. The van der Waals surface area contributed by atoms with E-state index in [1.807, 2.05) is 36.1 Å². The topological polar surface area (TPSA) is 111 Å². The third-order valence-corrected chi connectivity index (χ3v) is 7.11. The fourth-order valence-electron chi connectivity index (χ4n) is 5.18. The molecule has 1 aromatic carbocycles. The Morgan fingerprint density at radius 1 is 1.06 bits per heavy atom. The van der Waals surface area contributed by atoms with E-state index in [-0.39, 0.29) is 23.7 Å². The molecule has 1 unspecified atom stereocenters. The Balaban J connectivity index is 1.29. The molecule has 1 amide bonds. The fraction of sp³-hybridized carbons (Fsp3) is 0.500. The standard InChI is InChI=1S/C26H31N5O5/c1-3-35-26(33)19-5-4-12-31(15-19)25(32)18-10-13-30(14-11-18)23-21-22(29-36-24(21)28-16-27-23)17-6-8-20(34-2)9-7-17/h6-9,16,18-19H,3-5,10-15H2,1-2H3. The highest BCUT2D eigenvalue weighted by molar-refractivity contribution is 5.98. The number of piperidine rings is 2. The maximum Gasteiger partial charge on any atom is 0.310 e. The van der Waals surface area contributed by atoms with Crippen molar-refractivity contribution in [3.8, 4) is 17.0 Å². The van der Waals surface area contributed by atoms with E-state index in [2.05, 4.69) is 20.0 Å². The minimum Gasteiger partial charge on any atom is -0.497 e. The molecule has 0 spiro atoms. The number of carbonyl (C=O) groups is 2. The molecule has 0 radical (unpaired) electrons. The van der Waals surface area contributed by atoms with E-state index in [4.69, 9.17) is 14.0 Å². The third-order valence-electron chi connectivity index (χ3n) is 7.11. The second kappa shape index (κ2) is 10.5. The van der Waals surface area contributed by atoms with Crippen molar-refractivity contribution < 1.29 is 23.6 Å². The van der Waals surface area contributed by atoms with Gasteiger partial charge in [0.25, 0.3) is 5.71 Å². The highest BCUT2D eigenvalue weighted by Crippen LogP contribution is 2.35. The first-order valence-corrected chi connectivity index (χ1v) is 12.5. The molecule has 2 saturated heterocycles. The number of esters is 1. The van der Waals surface area contributed by atoms with E-state index in [0.29, 0.717) is 57.0 Å². The van der Waals surface area contributed by atoms with Crippen LogP contribution in [0.5, 0.6) is 5.75 Å². The van der Waals surface area contributed by atoms with E-state index in [1.165, 1.54) is 6.33 Å². The summed E-state index contributed by atoms with van der Waals surface area (Å²) in [5.74, 6) is 1.18. The van der Waals surface area contributed by atoms with Gasteiger partial charge in [0, 0.05) is 37.7 Å². The molecule has 0 N–H and O–H groups in total. The predicted molar refractivity (Wildman–Crippen MR) is 132 cm³/mol. The van der Waals surface area contributed by atoms with Gasteiger partial charge in [-0.2, -0.15) is 4.98 Å². The van der Waals surface area contributed by atoms with Crippen molar-refractivity contribution >= 4 is 28.8 Å². The number of likely N-dealkylation sites (tertiary alicyclic amines) is 1. The quantitative estimate of drug-likeness (QED) is 0.478. The van der Waals surface area contributed by atoms with Crippen LogP contribution < -0.4 is 9.64 Å². The number of nitrogens with zero attached hydrogens (tertiary/aromatic N) is 5. The van der Waals surface area contributed by atoms with Gasteiger partial charge in [0.2, 0.25) is 5.91 Å². The van der Waals surface area contributed by atoms with Crippen molar-refractivity contribution in [3.05, 3.63) is 30.6 Å². The minimum absolute atomic E-state index is 0.0666. The highest BCUT2D eigenvalue weighted by atomic mass is 16.5. The Kier molecular flexibility index (Phi) is 7.02. The number of methoxy groups -OCH3 is 1. The Morgan fingerprint density at radius 2 is 1.83 bits per heavy atom. The first-order chi connectivity index (χ1) is 17.6. The first kappa shape index (κ1) is 24.0. The smallest absolute Gasteiger partial charge is 0.310 e. The lowest BCUT2D eigenvalue weighted by molar-refractivity contribution is -0.152. The molecule has 2 fully saturated rings. The molecule has 36 heavy (non-hydrogen) atoms. The molecule has 2 aliphatic heterocycles. The van der Waals surface area contributed by atoms with Gasteiger partial charge in [-0.3, -0.25) is 9.59 Å². The van der Waals surface area contributed by atoms with Crippen LogP contribution in [0.1, 0.15) is 32.6 Å². The number of hydrogen-bond donors (Lipinski definition) is 0. The lowest BCUT2D eigenvalue weighted by Gasteiger charge is -2.37. The minimum atomic E-state index is -0.220. The van der Waals surface area contributed by atoms with E-state index >= 15 is 0 Å². The molecule has 2 aromatic heterocycles. The van der Waals surface area contributed by atoms with Crippen LogP contribution in [0.25, 0.3) is 22.4 Å². The number of carbonyl (C=O) groups excluding carboxylic acids is 2. The number of ether oxygens (including phenoxy) is 2. The second-order valence-electron chi connectivity index (χ2n) is 9.27. The zero-order valence-electron chi connectivity index (χ0n) is 20.7. The molecule has 190 valence electrons. The number of hydrogen-bond acceptors (Lipinski definition) is 9. The van der Waals surface area contributed by atoms with Gasteiger partial charge in [0.05, 0.1) is 19.6 Å². The largest absolute Gasteiger partial charge is 0.497 e. The summed E-state index contributed by atoms with van der Waals surface area (Å²) in [5.41, 5.74) is 2.00. The number of benzene rings is 1. The van der Waals surface area contributed by atoms with Gasteiger partial charge in [0.1, 0.15) is 29.0 Å². The van der Waals surface area contributed by atoms with Crippen LogP contribution in [0, 0.1) is 11.8 Å². The van der Waals surface area contributed by atoms with Gasteiger partial charge >= 0.3 is 5.97 Å². The van der Waals surface area contributed by atoms with Crippen molar-refractivity contribution in [2.24, 2.45) is 11.8 Å². The molecule has 10 heteroatoms. The lowest BCUT2D eigenvalue weighted by Crippen LogP contribution is -2.47. The number of rotatable bonds is 6. The maximum atomic E-state index is 13.3. The number of aromatic nitrogens is 3. The summed E-state index contributed by atoms with van der Waals surface area (Å²) < 4.78 is 16.0. The highest BCUT2D eigenvalue weighted by Gasteiger charge is 2.34. The second-order valence-corrected chi connectivity index (χ2v) is 9.27.